The fourth-order valence-corrected chi connectivity index (χ4v) is 4.56. The Morgan fingerprint density at radius 2 is 2.19 bits per heavy atom. The third kappa shape index (κ3) is 3.40. The third-order valence-electron chi connectivity index (χ3n) is 3.84. The van der Waals surface area contributed by atoms with Crippen LogP contribution in [0.4, 0.5) is 0 Å². The van der Waals surface area contributed by atoms with Crippen molar-refractivity contribution in [3.05, 3.63) is 28.8 Å². The summed E-state index contributed by atoms with van der Waals surface area (Å²) in [6.07, 6.45) is 0.592. The number of hydrogen-bond acceptors (Lipinski definition) is 4. The van der Waals surface area contributed by atoms with E-state index in [0.29, 0.717) is 19.6 Å². The topological polar surface area (TPSA) is 58.6 Å². The van der Waals surface area contributed by atoms with E-state index >= 15 is 0 Å². The van der Waals surface area contributed by atoms with Crippen molar-refractivity contribution in [1.29, 1.82) is 0 Å². The molecule has 0 radical (unpaired) electrons. The van der Waals surface area contributed by atoms with Crippen molar-refractivity contribution >= 4 is 21.6 Å². The van der Waals surface area contributed by atoms with Gasteiger partial charge in [0.1, 0.15) is 4.90 Å². The van der Waals surface area contributed by atoms with E-state index in [1.54, 1.807) is 19.2 Å². The van der Waals surface area contributed by atoms with Gasteiger partial charge in [0.15, 0.2) is 0 Å². The molecule has 21 heavy (non-hydrogen) atoms. The SMILES string of the molecule is CNCc1ccc(Cl)c(S(=O)(=O)N(C)C2CCOC2C)c1. The molecule has 0 spiro atoms. The van der Waals surface area contributed by atoms with E-state index < -0.39 is 10.0 Å². The number of nitrogens with zero attached hydrogens (tertiary/aromatic N) is 1. The van der Waals surface area contributed by atoms with E-state index in [1.165, 1.54) is 4.31 Å². The minimum atomic E-state index is -3.63. The van der Waals surface area contributed by atoms with Gasteiger partial charge in [-0.3, -0.25) is 0 Å². The van der Waals surface area contributed by atoms with Crippen molar-refractivity contribution in [2.24, 2.45) is 0 Å². The van der Waals surface area contributed by atoms with Gasteiger partial charge in [-0.05, 0) is 38.1 Å². The van der Waals surface area contributed by atoms with Crippen LogP contribution in [0.25, 0.3) is 0 Å². The summed E-state index contributed by atoms with van der Waals surface area (Å²) >= 11 is 6.11. The number of sulfonamides is 1. The first-order valence-corrected chi connectivity index (χ1v) is 8.72. The van der Waals surface area contributed by atoms with Crippen LogP contribution in [0.1, 0.15) is 18.9 Å². The van der Waals surface area contributed by atoms with Gasteiger partial charge in [0, 0.05) is 20.2 Å². The average Bonchev–Trinajstić information content (AvgIpc) is 2.86. The molecule has 2 unspecified atom stereocenters. The normalized spacial score (nSPS) is 22.9. The Bertz CT molecular complexity index is 606. The molecule has 1 heterocycles. The second-order valence-electron chi connectivity index (χ2n) is 5.25. The van der Waals surface area contributed by atoms with Crippen LogP contribution in [0.5, 0.6) is 0 Å². The number of nitrogens with one attached hydrogen (secondary N) is 1. The Morgan fingerprint density at radius 3 is 2.76 bits per heavy atom. The number of ether oxygens (including phenoxy) is 1. The predicted octanol–water partition coefficient (Wildman–Crippen LogP) is 1.86. The van der Waals surface area contributed by atoms with Crippen LogP contribution in [-0.4, -0.2) is 45.6 Å². The van der Waals surface area contributed by atoms with Crippen molar-refractivity contribution in [2.45, 2.75) is 36.9 Å². The van der Waals surface area contributed by atoms with Gasteiger partial charge < -0.3 is 10.1 Å². The highest BCUT2D eigenvalue weighted by atomic mass is 35.5. The van der Waals surface area contributed by atoms with Gasteiger partial charge in [-0.2, -0.15) is 4.31 Å². The minimum absolute atomic E-state index is 0.107. The van der Waals surface area contributed by atoms with Crippen molar-refractivity contribution in [2.75, 3.05) is 20.7 Å². The maximum absolute atomic E-state index is 12.8. The molecule has 0 aromatic heterocycles. The number of likely N-dealkylation sites (N-methyl/N-ethyl adjacent to an activating group) is 1. The molecule has 1 aromatic carbocycles. The molecule has 0 bridgehead atoms. The Hall–Kier alpha value is -0.660. The van der Waals surface area contributed by atoms with Crippen LogP contribution < -0.4 is 5.32 Å². The molecule has 0 aliphatic carbocycles. The first-order valence-electron chi connectivity index (χ1n) is 6.90. The summed E-state index contributed by atoms with van der Waals surface area (Å²) in [5, 5.41) is 3.25. The van der Waals surface area contributed by atoms with Gasteiger partial charge in [0.2, 0.25) is 10.0 Å². The summed E-state index contributed by atoms with van der Waals surface area (Å²) in [6, 6.07) is 4.92. The molecule has 2 rings (SSSR count). The van der Waals surface area contributed by atoms with Crippen LogP contribution in [0, 0.1) is 0 Å². The molecule has 1 N–H and O–H groups in total. The largest absolute Gasteiger partial charge is 0.377 e. The monoisotopic (exact) mass is 332 g/mol. The molecular formula is C14H21ClN2O3S. The number of halogens is 1. The lowest BCUT2D eigenvalue weighted by molar-refractivity contribution is 0.102. The maximum Gasteiger partial charge on any atom is 0.244 e. The van der Waals surface area contributed by atoms with Crippen LogP contribution in [-0.2, 0) is 21.3 Å². The Balaban J connectivity index is 2.36. The summed E-state index contributed by atoms with van der Waals surface area (Å²) in [7, 11) is -0.232. The summed E-state index contributed by atoms with van der Waals surface area (Å²) < 4.78 is 32.5. The van der Waals surface area contributed by atoms with Gasteiger partial charge in [0.25, 0.3) is 0 Å². The maximum atomic E-state index is 12.8. The van der Waals surface area contributed by atoms with E-state index in [0.717, 1.165) is 5.56 Å². The van der Waals surface area contributed by atoms with E-state index in [9.17, 15) is 8.42 Å². The molecule has 1 aromatic rings. The van der Waals surface area contributed by atoms with Gasteiger partial charge in [-0.15, -0.1) is 0 Å². The van der Waals surface area contributed by atoms with Crippen molar-refractivity contribution in [3.8, 4) is 0 Å². The molecule has 1 fully saturated rings. The molecule has 7 heteroatoms. The van der Waals surface area contributed by atoms with E-state index in [-0.39, 0.29) is 22.1 Å². The van der Waals surface area contributed by atoms with Crippen molar-refractivity contribution < 1.29 is 13.2 Å². The lowest BCUT2D eigenvalue weighted by atomic mass is 10.2. The van der Waals surface area contributed by atoms with E-state index in [4.69, 9.17) is 16.3 Å². The van der Waals surface area contributed by atoms with E-state index in [2.05, 4.69) is 5.32 Å². The van der Waals surface area contributed by atoms with Crippen LogP contribution in [0.3, 0.4) is 0 Å². The number of rotatable bonds is 5. The molecular weight excluding hydrogens is 312 g/mol. The summed E-state index contributed by atoms with van der Waals surface area (Å²) in [5.41, 5.74) is 0.879. The van der Waals surface area contributed by atoms with Crippen LogP contribution in [0.15, 0.2) is 23.1 Å². The molecule has 0 saturated carbocycles. The Labute approximate surface area is 131 Å². The number of benzene rings is 1. The lowest BCUT2D eigenvalue weighted by Gasteiger charge is -2.26. The fourth-order valence-electron chi connectivity index (χ4n) is 2.59. The van der Waals surface area contributed by atoms with Crippen molar-refractivity contribution in [3.63, 3.8) is 0 Å². The molecule has 2 atom stereocenters. The molecule has 5 nitrogen and oxygen atoms in total. The van der Waals surface area contributed by atoms with Gasteiger partial charge in [0.05, 0.1) is 17.2 Å². The van der Waals surface area contributed by atoms with Gasteiger partial charge in [-0.1, -0.05) is 17.7 Å². The zero-order valence-corrected chi connectivity index (χ0v) is 14.0. The first-order chi connectivity index (χ1) is 9.87. The Morgan fingerprint density at radius 1 is 1.48 bits per heavy atom. The zero-order valence-electron chi connectivity index (χ0n) is 12.5. The van der Waals surface area contributed by atoms with Crippen LogP contribution >= 0.6 is 11.6 Å². The smallest absolute Gasteiger partial charge is 0.244 e. The summed E-state index contributed by atoms with van der Waals surface area (Å²) in [4.78, 5) is 0.151. The molecule has 1 aliphatic heterocycles. The van der Waals surface area contributed by atoms with Crippen LogP contribution in [0.2, 0.25) is 5.02 Å². The molecule has 118 valence electrons. The van der Waals surface area contributed by atoms with Gasteiger partial charge in [-0.25, -0.2) is 8.42 Å². The number of hydrogen-bond donors (Lipinski definition) is 1. The fraction of sp³-hybridized carbons (Fsp3) is 0.571. The predicted molar refractivity (Wildman–Crippen MR) is 83.0 cm³/mol. The second-order valence-corrected chi connectivity index (χ2v) is 7.62. The highest BCUT2D eigenvalue weighted by molar-refractivity contribution is 7.89. The zero-order chi connectivity index (χ0) is 15.6. The van der Waals surface area contributed by atoms with Crippen molar-refractivity contribution in [1.82, 2.24) is 9.62 Å². The third-order valence-corrected chi connectivity index (χ3v) is 6.20. The lowest BCUT2D eigenvalue weighted by Crippen LogP contribution is -2.41. The summed E-state index contributed by atoms with van der Waals surface area (Å²) in [5.74, 6) is 0. The molecule has 1 saturated heterocycles. The summed E-state index contributed by atoms with van der Waals surface area (Å²) in [6.45, 7) is 3.06. The Kier molecular flexibility index (Phi) is 5.27. The molecule has 0 amide bonds. The quantitative estimate of drug-likeness (QED) is 0.894. The first kappa shape index (κ1) is 16.7. The highest BCUT2D eigenvalue weighted by Gasteiger charge is 2.36. The molecule has 1 aliphatic rings. The average molecular weight is 333 g/mol. The standard InChI is InChI=1S/C14H21ClN2O3S/c1-10-13(6-7-20-10)17(3)21(18,19)14-8-11(9-16-2)4-5-12(14)15/h4-5,8,10,13,16H,6-7,9H2,1-3H3. The highest BCUT2D eigenvalue weighted by Crippen LogP contribution is 2.29. The van der Waals surface area contributed by atoms with E-state index in [1.807, 2.05) is 20.0 Å². The van der Waals surface area contributed by atoms with Gasteiger partial charge >= 0.3 is 0 Å². The minimum Gasteiger partial charge on any atom is -0.377 e. The second kappa shape index (κ2) is 6.62.